The number of amides is 1. The molecule has 0 fully saturated rings. The first kappa shape index (κ1) is 19.1. The third kappa shape index (κ3) is 5.15. The maximum Gasteiger partial charge on any atom is 0.261 e. The third-order valence-electron chi connectivity index (χ3n) is 3.74. The van der Waals surface area contributed by atoms with Crippen LogP contribution in [0.15, 0.2) is 70.9 Å². The highest BCUT2D eigenvalue weighted by molar-refractivity contribution is 7.92. The van der Waals surface area contributed by atoms with Gasteiger partial charge in [0, 0.05) is 22.7 Å². The second-order valence-electron chi connectivity index (χ2n) is 5.73. The Labute approximate surface area is 160 Å². The normalized spacial score (nSPS) is 11.1. The van der Waals surface area contributed by atoms with Gasteiger partial charge in [-0.05, 0) is 60.3 Å². The van der Waals surface area contributed by atoms with Crippen molar-refractivity contribution in [3.63, 3.8) is 0 Å². The maximum atomic E-state index is 13.0. The fourth-order valence-electron chi connectivity index (χ4n) is 2.39. The van der Waals surface area contributed by atoms with Crippen LogP contribution in [0, 0.1) is 5.82 Å². The Morgan fingerprint density at radius 3 is 2.52 bits per heavy atom. The van der Waals surface area contributed by atoms with E-state index >= 15 is 0 Å². The number of hydrogen-bond acceptors (Lipinski definition) is 4. The van der Waals surface area contributed by atoms with E-state index in [2.05, 4.69) is 10.0 Å². The molecular formula is C19H17FN2O3S2. The van der Waals surface area contributed by atoms with E-state index < -0.39 is 15.8 Å². The molecule has 0 bridgehead atoms. The van der Waals surface area contributed by atoms with Gasteiger partial charge in [-0.3, -0.25) is 9.52 Å². The van der Waals surface area contributed by atoms with Gasteiger partial charge in [-0.1, -0.05) is 12.1 Å². The molecule has 0 saturated heterocycles. The standard InChI is InChI=1S/C19H17FN2O3S2/c20-15-6-8-16(9-7-15)22-27(24,25)18-5-1-3-14(13-18)19(23)21-11-10-17-4-2-12-26-17/h1-9,12-13,22H,10-11H2,(H,21,23). The van der Waals surface area contributed by atoms with Crippen LogP contribution in [0.3, 0.4) is 0 Å². The van der Waals surface area contributed by atoms with Crippen molar-refractivity contribution >= 4 is 33.0 Å². The highest BCUT2D eigenvalue weighted by Crippen LogP contribution is 2.17. The van der Waals surface area contributed by atoms with Crippen molar-refractivity contribution in [1.82, 2.24) is 5.32 Å². The van der Waals surface area contributed by atoms with Crippen LogP contribution >= 0.6 is 11.3 Å². The minimum atomic E-state index is -3.89. The van der Waals surface area contributed by atoms with Crippen LogP contribution in [-0.2, 0) is 16.4 Å². The first-order valence-corrected chi connectivity index (χ1v) is 10.5. The zero-order valence-corrected chi connectivity index (χ0v) is 15.8. The van der Waals surface area contributed by atoms with Gasteiger partial charge < -0.3 is 5.32 Å². The number of thiophene rings is 1. The minimum absolute atomic E-state index is 0.0438. The lowest BCUT2D eigenvalue weighted by molar-refractivity contribution is 0.0954. The number of benzene rings is 2. The Kier molecular flexibility index (Phi) is 5.88. The monoisotopic (exact) mass is 404 g/mol. The van der Waals surface area contributed by atoms with E-state index in [1.54, 1.807) is 17.4 Å². The Balaban J connectivity index is 1.68. The zero-order chi connectivity index (χ0) is 19.3. The average molecular weight is 404 g/mol. The van der Waals surface area contributed by atoms with Gasteiger partial charge in [0.25, 0.3) is 15.9 Å². The molecule has 1 aromatic heterocycles. The van der Waals surface area contributed by atoms with Gasteiger partial charge in [-0.25, -0.2) is 12.8 Å². The van der Waals surface area contributed by atoms with E-state index in [0.29, 0.717) is 13.0 Å². The molecule has 3 aromatic rings. The molecule has 3 rings (SSSR count). The lowest BCUT2D eigenvalue weighted by Crippen LogP contribution is -2.25. The molecule has 0 atom stereocenters. The fourth-order valence-corrected chi connectivity index (χ4v) is 4.21. The van der Waals surface area contributed by atoms with E-state index in [4.69, 9.17) is 0 Å². The second-order valence-corrected chi connectivity index (χ2v) is 8.44. The van der Waals surface area contributed by atoms with Crippen molar-refractivity contribution in [2.75, 3.05) is 11.3 Å². The largest absolute Gasteiger partial charge is 0.352 e. The van der Waals surface area contributed by atoms with Gasteiger partial charge in [0.1, 0.15) is 5.82 Å². The quantitative estimate of drug-likeness (QED) is 0.631. The summed E-state index contributed by atoms with van der Waals surface area (Å²) in [5.74, 6) is -0.801. The minimum Gasteiger partial charge on any atom is -0.352 e. The van der Waals surface area contributed by atoms with Crippen LogP contribution in [0.5, 0.6) is 0 Å². The predicted molar refractivity (Wildman–Crippen MR) is 104 cm³/mol. The summed E-state index contributed by atoms with van der Waals surface area (Å²) in [5.41, 5.74) is 0.491. The number of halogens is 1. The lowest BCUT2D eigenvalue weighted by atomic mass is 10.2. The van der Waals surface area contributed by atoms with Crippen molar-refractivity contribution in [2.24, 2.45) is 0 Å². The molecule has 2 N–H and O–H groups in total. The Morgan fingerprint density at radius 2 is 1.81 bits per heavy atom. The molecule has 2 aromatic carbocycles. The number of hydrogen-bond donors (Lipinski definition) is 2. The zero-order valence-electron chi connectivity index (χ0n) is 14.2. The summed E-state index contributed by atoms with van der Waals surface area (Å²) >= 11 is 1.62. The number of anilines is 1. The lowest BCUT2D eigenvalue weighted by Gasteiger charge is -2.10. The molecule has 0 aliphatic carbocycles. The van der Waals surface area contributed by atoms with Gasteiger partial charge in [0.15, 0.2) is 0 Å². The molecule has 1 heterocycles. The van der Waals surface area contributed by atoms with Crippen LogP contribution in [0.25, 0.3) is 0 Å². The summed E-state index contributed by atoms with van der Waals surface area (Å²) in [4.78, 5) is 13.4. The molecule has 0 saturated carbocycles. The number of sulfonamides is 1. The van der Waals surface area contributed by atoms with Gasteiger partial charge in [0.2, 0.25) is 0 Å². The van der Waals surface area contributed by atoms with Gasteiger partial charge >= 0.3 is 0 Å². The summed E-state index contributed by atoms with van der Waals surface area (Å²) < 4.78 is 40.3. The van der Waals surface area contributed by atoms with Crippen LogP contribution in [0.1, 0.15) is 15.2 Å². The Bertz CT molecular complexity index is 1020. The molecule has 1 amide bonds. The van der Waals surface area contributed by atoms with Crippen molar-refractivity contribution < 1.29 is 17.6 Å². The van der Waals surface area contributed by atoms with Gasteiger partial charge in [0.05, 0.1) is 4.90 Å². The van der Waals surface area contributed by atoms with E-state index in [-0.39, 0.29) is 22.1 Å². The van der Waals surface area contributed by atoms with E-state index in [1.807, 2.05) is 17.5 Å². The van der Waals surface area contributed by atoms with Gasteiger partial charge in [-0.15, -0.1) is 11.3 Å². The summed E-state index contributed by atoms with van der Waals surface area (Å²) in [6.45, 7) is 0.462. The highest BCUT2D eigenvalue weighted by Gasteiger charge is 2.16. The van der Waals surface area contributed by atoms with Crippen molar-refractivity contribution in [3.05, 3.63) is 82.3 Å². The molecule has 0 aliphatic heterocycles. The van der Waals surface area contributed by atoms with Crippen molar-refractivity contribution in [2.45, 2.75) is 11.3 Å². The Hall–Kier alpha value is -2.71. The molecule has 27 heavy (non-hydrogen) atoms. The summed E-state index contributed by atoms with van der Waals surface area (Å²) in [5, 5.41) is 4.75. The molecule has 0 aliphatic rings. The van der Waals surface area contributed by atoms with E-state index in [0.717, 1.165) is 17.0 Å². The number of nitrogens with one attached hydrogen (secondary N) is 2. The second kappa shape index (κ2) is 8.32. The molecule has 8 heteroatoms. The average Bonchev–Trinajstić information content (AvgIpc) is 3.17. The van der Waals surface area contributed by atoms with Crippen LogP contribution < -0.4 is 10.0 Å². The van der Waals surface area contributed by atoms with Crippen LogP contribution in [0.2, 0.25) is 0 Å². The molecule has 0 unspecified atom stereocenters. The Morgan fingerprint density at radius 1 is 1.04 bits per heavy atom. The van der Waals surface area contributed by atoms with Crippen LogP contribution in [-0.4, -0.2) is 20.9 Å². The maximum absolute atomic E-state index is 13.0. The fraction of sp³-hybridized carbons (Fsp3) is 0.105. The number of rotatable bonds is 7. The summed E-state index contributed by atoms with van der Waals surface area (Å²) in [6, 6.07) is 14.7. The van der Waals surface area contributed by atoms with E-state index in [1.165, 1.54) is 30.3 Å². The summed E-state index contributed by atoms with van der Waals surface area (Å²) in [6.07, 6.45) is 0.716. The van der Waals surface area contributed by atoms with Crippen molar-refractivity contribution in [3.8, 4) is 0 Å². The summed E-state index contributed by atoms with van der Waals surface area (Å²) in [7, 11) is -3.89. The first-order valence-electron chi connectivity index (χ1n) is 8.13. The number of carbonyl (C=O) groups excluding carboxylic acids is 1. The highest BCUT2D eigenvalue weighted by atomic mass is 32.2. The first-order chi connectivity index (χ1) is 12.9. The molecule has 0 spiro atoms. The molecule has 0 radical (unpaired) electrons. The van der Waals surface area contributed by atoms with Crippen LogP contribution in [0.4, 0.5) is 10.1 Å². The van der Waals surface area contributed by atoms with Gasteiger partial charge in [-0.2, -0.15) is 0 Å². The molecule has 140 valence electrons. The molecule has 5 nitrogen and oxygen atoms in total. The third-order valence-corrected chi connectivity index (χ3v) is 6.06. The van der Waals surface area contributed by atoms with E-state index in [9.17, 15) is 17.6 Å². The topological polar surface area (TPSA) is 75.3 Å². The SMILES string of the molecule is O=C(NCCc1cccs1)c1cccc(S(=O)(=O)Nc2ccc(F)cc2)c1. The smallest absolute Gasteiger partial charge is 0.261 e. The number of carbonyl (C=O) groups is 1. The predicted octanol–water partition coefficient (Wildman–Crippen LogP) is 3.66. The van der Waals surface area contributed by atoms with Crippen molar-refractivity contribution in [1.29, 1.82) is 0 Å². The molecular weight excluding hydrogens is 387 g/mol.